The number of alkyl halides is 2. The van der Waals surface area contributed by atoms with Crippen molar-refractivity contribution in [3.05, 3.63) is 18.2 Å². The van der Waals surface area contributed by atoms with Crippen LogP contribution in [0.15, 0.2) is 18.2 Å². The van der Waals surface area contributed by atoms with Gasteiger partial charge in [0, 0.05) is 11.8 Å². The number of hydrogen-bond donors (Lipinski definition) is 1. The third-order valence-electron chi connectivity index (χ3n) is 3.91. The summed E-state index contributed by atoms with van der Waals surface area (Å²) in [5, 5.41) is 2.41. The molecule has 1 aliphatic rings. The van der Waals surface area contributed by atoms with Gasteiger partial charge in [-0.15, -0.1) is 0 Å². The van der Waals surface area contributed by atoms with Crippen LogP contribution in [-0.2, 0) is 14.1 Å². The SMILES string of the molecule is CC1(C)OB(c2cc(NC=O)cc(OC(F)F)c2)OC1(C)C. The lowest BCUT2D eigenvalue weighted by atomic mass is 9.79. The molecule has 8 heteroatoms. The number of rotatable bonds is 5. The zero-order valence-corrected chi connectivity index (χ0v) is 12.9. The van der Waals surface area contributed by atoms with E-state index in [-0.39, 0.29) is 5.75 Å². The largest absolute Gasteiger partial charge is 0.495 e. The fraction of sp³-hybridized carbons (Fsp3) is 0.500. The highest BCUT2D eigenvalue weighted by Crippen LogP contribution is 2.37. The van der Waals surface area contributed by atoms with Crippen molar-refractivity contribution in [3.63, 3.8) is 0 Å². The lowest BCUT2D eigenvalue weighted by Crippen LogP contribution is -2.41. The van der Waals surface area contributed by atoms with Crippen LogP contribution < -0.4 is 15.5 Å². The van der Waals surface area contributed by atoms with Gasteiger partial charge < -0.3 is 19.4 Å². The lowest BCUT2D eigenvalue weighted by Gasteiger charge is -2.32. The summed E-state index contributed by atoms with van der Waals surface area (Å²) in [6.07, 6.45) is 0.454. The number of ether oxygens (including phenoxy) is 1. The van der Waals surface area contributed by atoms with E-state index in [1.54, 1.807) is 6.07 Å². The molecule has 1 heterocycles. The minimum absolute atomic E-state index is 0.0773. The Hall–Kier alpha value is -1.67. The third kappa shape index (κ3) is 3.39. The Balaban J connectivity index is 2.34. The summed E-state index contributed by atoms with van der Waals surface area (Å²) in [6, 6.07) is 4.30. The minimum Gasteiger partial charge on any atom is -0.435 e. The molecule has 1 aliphatic heterocycles. The maximum Gasteiger partial charge on any atom is 0.495 e. The highest BCUT2D eigenvalue weighted by molar-refractivity contribution is 6.62. The molecular formula is C14H18BF2NO4. The molecule has 0 saturated carbocycles. The zero-order valence-electron chi connectivity index (χ0n) is 12.9. The van der Waals surface area contributed by atoms with E-state index in [0.717, 1.165) is 0 Å². The van der Waals surface area contributed by atoms with Crippen LogP contribution in [0.3, 0.4) is 0 Å². The van der Waals surface area contributed by atoms with Crippen LogP contribution in [0.5, 0.6) is 5.75 Å². The van der Waals surface area contributed by atoms with Crippen LogP contribution in [0, 0.1) is 0 Å². The average molecular weight is 313 g/mol. The van der Waals surface area contributed by atoms with Gasteiger partial charge in [-0.3, -0.25) is 4.79 Å². The lowest BCUT2D eigenvalue weighted by molar-refractivity contribution is -0.105. The van der Waals surface area contributed by atoms with E-state index in [0.29, 0.717) is 17.6 Å². The summed E-state index contributed by atoms with van der Waals surface area (Å²) < 4.78 is 41.0. The maximum absolute atomic E-state index is 12.4. The van der Waals surface area contributed by atoms with Gasteiger partial charge in [0.05, 0.1) is 11.2 Å². The van der Waals surface area contributed by atoms with Gasteiger partial charge in [0.2, 0.25) is 6.41 Å². The summed E-state index contributed by atoms with van der Waals surface area (Å²) in [6.45, 7) is 4.58. The van der Waals surface area contributed by atoms with Gasteiger partial charge in [-0.1, -0.05) is 0 Å². The fourth-order valence-electron chi connectivity index (χ4n) is 2.06. The molecule has 22 heavy (non-hydrogen) atoms. The van der Waals surface area contributed by atoms with E-state index in [9.17, 15) is 13.6 Å². The first-order chi connectivity index (χ1) is 10.1. The van der Waals surface area contributed by atoms with Crippen molar-refractivity contribution in [2.45, 2.75) is 45.5 Å². The average Bonchev–Trinajstić information content (AvgIpc) is 2.58. The van der Waals surface area contributed by atoms with Crippen molar-refractivity contribution in [2.75, 3.05) is 5.32 Å². The van der Waals surface area contributed by atoms with E-state index in [1.807, 2.05) is 27.7 Å². The number of carbonyl (C=O) groups excluding carboxylic acids is 1. The first-order valence-electron chi connectivity index (χ1n) is 6.80. The van der Waals surface area contributed by atoms with Crippen molar-refractivity contribution in [3.8, 4) is 5.75 Å². The van der Waals surface area contributed by atoms with Gasteiger partial charge >= 0.3 is 13.7 Å². The molecule has 1 aromatic rings. The molecule has 1 N–H and O–H groups in total. The predicted molar refractivity (Wildman–Crippen MR) is 78.5 cm³/mol. The second-order valence-corrected chi connectivity index (χ2v) is 6.02. The Morgan fingerprint density at radius 2 is 1.77 bits per heavy atom. The van der Waals surface area contributed by atoms with Gasteiger partial charge in [-0.05, 0) is 45.3 Å². The topological polar surface area (TPSA) is 56.8 Å². The van der Waals surface area contributed by atoms with Crippen molar-refractivity contribution < 1.29 is 27.6 Å². The Kier molecular flexibility index (Phi) is 4.44. The second-order valence-electron chi connectivity index (χ2n) is 6.02. The van der Waals surface area contributed by atoms with Gasteiger partial charge in [-0.25, -0.2) is 0 Å². The van der Waals surface area contributed by atoms with E-state index in [4.69, 9.17) is 9.31 Å². The molecule has 1 aromatic carbocycles. The summed E-state index contributed by atoms with van der Waals surface area (Å²) in [7, 11) is -0.738. The molecule has 0 spiro atoms. The summed E-state index contributed by atoms with van der Waals surface area (Å²) in [5.74, 6) is -0.0773. The number of nitrogens with one attached hydrogen (secondary N) is 1. The molecule has 0 aromatic heterocycles. The molecule has 120 valence electrons. The van der Waals surface area contributed by atoms with Crippen LogP contribution in [0.1, 0.15) is 27.7 Å². The Labute approximate surface area is 128 Å². The van der Waals surface area contributed by atoms with E-state index in [1.165, 1.54) is 12.1 Å². The maximum atomic E-state index is 12.4. The first-order valence-corrected chi connectivity index (χ1v) is 6.80. The molecule has 0 unspecified atom stereocenters. The highest BCUT2D eigenvalue weighted by Gasteiger charge is 2.51. The Bertz CT molecular complexity index is 550. The monoisotopic (exact) mass is 313 g/mol. The molecule has 0 bridgehead atoms. The van der Waals surface area contributed by atoms with Crippen molar-refractivity contribution in [1.82, 2.24) is 0 Å². The standard InChI is InChI=1S/C14H18BF2NO4/c1-13(2)14(3,4)22-15(21-13)9-5-10(18-8-19)7-11(6-9)20-12(16)17/h5-8,12H,1-4H3,(H,18,19). The molecule has 0 radical (unpaired) electrons. The van der Waals surface area contributed by atoms with Crippen LogP contribution in [0.25, 0.3) is 0 Å². The molecule has 1 amide bonds. The molecule has 0 aliphatic carbocycles. The number of anilines is 1. The van der Waals surface area contributed by atoms with Crippen LogP contribution in [0.4, 0.5) is 14.5 Å². The van der Waals surface area contributed by atoms with Crippen LogP contribution in [0.2, 0.25) is 0 Å². The summed E-state index contributed by atoms with van der Waals surface area (Å²) in [5.41, 5.74) is -0.315. The minimum atomic E-state index is -2.96. The number of hydrogen-bond acceptors (Lipinski definition) is 4. The predicted octanol–water partition coefficient (Wildman–Crippen LogP) is 2.16. The van der Waals surface area contributed by atoms with Crippen molar-refractivity contribution in [2.24, 2.45) is 0 Å². The number of benzene rings is 1. The van der Waals surface area contributed by atoms with E-state index in [2.05, 4.69) is 10.1 Å². The van der Waals surface area contributed by atoms with Crippen molar-refractivity contribution >= 4 is 24.7 Å². The highest BCUT2D eigenvalue weighted by atomic mass is 19.3. The molecular weight excluding hydrogens is 295 g/mol. The molecule has 1 fully saturated rings. The van der Waals surface area contributed by atoms with E-state index < -0.39 is 24.9 Å². The summed E-state index contributed by atoms with van der Waals surface area (Å²) >= 11 is 0. The number of carbonyl (C=O) groups is 1. The van der Waals surface area contributed by atoms with Crippen LogP contribution >= 0.6 is 0 Å². The van der Waals surface area contributed by atoms with Crippen molar-refractivity contribution in [1.29, 1.82) is 0 Å². The molecule has 0 atom stereocenters. The van der Waals surface area contributed by atoms with Gasteiger partial charge in [0.1, 0.15) is 5.75 Å². The molecule has 5 nitrogen and oxygen atoms in total. The van der Waals surface area contributed by atoms with E-state index >= 15 is 0 Å². The fourth-order valence-corrected chi connectivity index (χ4v) is 2.06. The van der Waals surface area contributed by atoms with Crippen LogP contribution in [-0.4, -0.2) is 31.3 Å². The Morgan fingerprint density at radius 1 is 1.18 bits per heavy atom. The molecule has 1 saturated heterocycles. The number of halogens is 2. The summed E-state index contributed by atoms with van der Waals surface area (Å²) in [4.78, 5) is 10.6. The van der Waals surface area contributed by atoms with Gasteiger partial charge in [0.25, 0.3) is 0 Å². The van der Waals surface area contributed by atoms with Gasteiger partial charge in [0.15, 0.2) is 0 Å². The third-order valence-corrected chi connectivity index (χ3v) is 3.91. The first kappa shape index (κ1) is 16.7. The quantitative estimate of drug-likeness (QED) is 0.668. The normalized spacial score (nSPS) is 19.3. The second kappa shape index (κ2) is 5.85. The zero-order chi connectivity index (χ0) is 16.5. The smallest absolute Gasteiger partial charge is 0.435 e. The molecule has 2 rings (SSSR count). The van der Waals surface area contributed by atoms with Gasteiger partial charge in [-0.2, -0.15) is 8.78 Å². The Morgan fingerprint density at radius 3 is 2.27 bits per heavy atom. The number of amides is 1.